The number of likely N-dealkylation sites (tertiary alicyclic amines) is 1. The molecule has 3 atom stereocenters. The molecular formula is C19H25FN4OS. The molecule has 1 aromatic carbocycles. The van der Waals surface area contributed by atoms with Gasteiger partial charge in [-0.25, -0.2) is 4.39 Å². The van der Waals surface area contributed by atoms with Gasteiger partial charge in [-0.05, 0) is 52.2 Å². The van der Waals surface area contributed by atoms with Gasteiger partial charge in [-0.3, -0.25) is 4.79 Å². The molecule has 0 radical (unpaired) electrons. The van der Waals surface area contributed by atoms with Crippen LogP contribution in [0.25, 0.3) is 11.4 Å². The van der Waals surface area contributed by atoms with Gasteiger partial charge in [0.1, 0.15) is 5.82 Å². The maximum Gasteiger partial charge on any atom is 0.236 e. The van der Waals surface area contributed by atoms with Crippen LogP contribution in [0.2, 0.25) is 0 Å². The summed E-state index contributed by atoms with van der Waals surface area (Å²) in [4.78, 5) is 15.0. The van der Waals surface area contributed by atoms with Gasteiger partial charge in [0.2, 0.25) is 5.91 Å². The number of halogens is 1. The molecule has 1 aliphatic heterocycles. The zero-order valence-corrected chi connectivity index (χ0v) is 16.5. The highest BCUT2D eigenvalue weighted by Gasteiger charge is 2.32. The maximum absolute atomic E-state index is 14.0. The van der Waals surface area contributed by atoms with Crippen LogP contribution in [-0.2, 0) is 11.8 Å². The van der Waals surface area contributed by atoms with Crippen LogP contribution in [0.5, 0.6) is 0 Å². The number of rotatable bonds is 4. The topological polar surface area (TPSA) is 51.0 Å². The van der Waals surface area contributed by atoms with Gasteiger partial charge in [0.05, 0.1) is 10.8 Å². The summed E-state index contributed by atoms with van der Waals surface area (Å²) >= 11 is 1.37. The van der Waals surface area contributed by atoms with Crippen LogP contribution in [0.3, 0.4) is 0 Å². The standard InChI is InChI=1S/C19H25FN4OS/c1-12-8-7-9-13(2)24(12)18(25)14(3)26-19-22-21-17(23(19)4)15-10-5-6-11-16(15)20/h5-6,10-14H,7-9H2,1-4H3/t12-,13-,14-/m1/s1. The molecule has 1 saturated heterocycles. The molecule has 2 heterocycles. The molecule has 1 fully saturated rings. The van der Waals surface area contributed by atoms with Crippen LogP contribution < -0.4 is 0 Å². The third-order valence-electron chi connectivity index (χ3n) is 5.03. The summed E-state index contributed by atoms with van der Waals surface area (Å²) in [6.45, 7) is 6.13. The number of amides is 1. The monoisotopic (exact) mass is 376 g/mol. The zero-order chi connectivity index (χ0) is 18.8. The molecule has 0 bridgehead atoms. The zero-order valence-electron chi connectivity index (χ0n) is 15.6. The van der Waals surface area contributed by atoms with Gasteiger partial charge in [-0.2, -0.15) is 0 Å². The summed E-state index contributed by atoms with van der Waals surface area (Å²) < 4.78 is 15.8. The molecule has 0 N–H and O–H groups in total. The number of nitrogens with zero attached hydrogens (tertiary/aromatic N) is 4. The first-order valence-corrected chi connectivity index (χ1v) is 9.91. The summed E-state index contributed by atoms with van der Waals surface area (Å²) in [6, 6.07) is 7.03. The van der Waals surface area contributed by atoms with Gasteiger partial charge >= 0.3 is 0 Å². The van der Waals surface area contributed by atoms with Gasteiger partial charge in [0, 0.05) is 19.1 Å². The molecule has 7 heteroatoms. The lowest BCUT2D eigenvalue weighted by atomic mass is 9.97. The highest BCUT2D eigenvalue weighted by atomic mass is 32.2. The van der Waals surface area contributed by atoms with Crippen molar-refractivity contribution in [1.29, 1.82) is 0 Å². The average molecular weight is 377 g/mol. The van der Waals surface area contributed by atoms with Crippen molar-refractivity contribution in [1.82, 2.24) is 19.7 Å². The predicted molar refractivity (Wildman–Crippen MR) is 101 cm³/mol. The predicted octanol–water partition coefficient (Wildman–Crippen LogP) is 3.89. The van der Waals surface area contributed by atoms with E-state index in [0.717, 1.165) is 12.8 Å². The third-order valence-corrected chi connectivity index (χ3v) is 6.15. The molecule has 26 heavy (non-hydrogen) atoms. The lowest BCUT2D eigenvalue weighted by Gasteiger charge is -2.40. The number of benzene rings is 1. The molecule has 3 rings (SSSR count). The first-order valence-electron chi connectivity index (χ1n) is 9.03. The Morgan fingerprint density at radius 1 is 1.23 bits per heavy atom. The van der Waals surface area contributed by atoms with Crippen LogP contribution in [0.1, 0.15) is 40.0 Å². The summed E-state index contributed by atoms with van der Waals surface area (Å²) in [7, 11) is 1.80. The minimum Gasteiger partial charge on any atom is -0.336 e. The second kappa shape index (κ2) is 7.78. The van der Waals surface area contributed by atoms with E-state index in [-0.39, 0.29) is 29.1 Å². The minimum atomic E-state index is -0.334. The lowest BCUT2D eigenvalue weighted by Crippen LogP contribution is -2.50. The molecular weight excluding hydrogens is 351 g/mol. The fourth-order valence-corrected chi connectivity index (χ4v) is 4.44. The Labute approximate surface area is 158 Å². The molecule has 0 saturated carbocycles. The third kappa shape index (κ3) is 3.63. The first-order chi connectivity index (χ1) is 12.4. The van der Waals surface area contributed by atoms with Crippen LogP contribution in [0.15, 0.2) is 29.4 Å². The van der Waals surface area contributed by atoms with Crippen molar-refractivity contribution >= 4 is 17.7 Å². The second-order valence-corrected chi connectivity index (χ2v) is 8.29. The van der Waals surface area contributed by atoms with Gasteiger partial charge in [-0.1, -0.05) is 23.9 Å². The summed E-state index contributed by atoms with van der Waals surface area (Å²) in [5.74, 6) is 0.259. The van der Waals surface area contributed by atoms with E-state index < -0.39 is 0 Å². The van der Waals surface area contributed by atoms with E-state index in [0.29, 0.717) is 16.5 Å². The van der Waals surface area contributed by atoms with Crippen LogP contribution in [0.4, 0.5) is 4.39 Å². The van der Waals surface area contributed by atoms with E-state index in [4.69, 9.17) is 0 Å². The first kappa shape index (κ1) is 18.9. The molecule has 0 spiro atoms. The average Bonchev–Trinajstić information content (AvgIpc) is 2.95. The van der Waals surface area contributed by atoms with Gasteiger partial charge in [-0.15, -0.1) is 10.2 Å². The summed E-state index contributed by atoms with van der Waals surface area (Å²) in [5.41, 5.74) is 0.409. The molecule has 5 nitrogen and oxygen atoms in total. The van der Waals surface area contributed by atoms with Gasteiger partial charge in [0.25, 0.3) is 0 Å². The molecule has 0 unspecified atom stereocenters. The van der Waals surface area contributed by atoms with E-state index in [9.17, 15) is 9.18 Å². The minimum absolute atomic E-state index is 0.130. The maximum atomic E-state index is 14.0. The van der Waals surface area contributed by atoms with Crippen LogP contribution >= 0.6 is 11.8 Å². The Kier molecular flexibility index (Phi) is 5.65. The number of carbonyl (C=O) groups excluding carboxylic acids is 1. The van der Waals surface area contributed by atoms with Crippen LogP contribution in [0, 0.1) is 5.82 Å². The number of piperidine rings is 1. The molecule has 0 aliphatic carbocycles. The molecule has 1 amide bonds. The van der Waals surface area contributed by atoms with Gasteiger partial charge in [0.15, 0.2) is 11.0 Å². The van der Waals surface area contributed by atoms with E-state index >= 15 is 0 Å². The summed E-state index contributed by atoms with van der Waals surface area (Å²) in [6.07, 6.45) is 3.27. The number of carbonyl (C=O) groups is 1. The lowest BCUT2D eigenvalue weighted by molar-refractivity contribution is -0.136. The largest absolute Gasteiger partial charge is 0.336 e. The number of thioether (sulfide) groups is 1. The van der Waals surface area contributed by atoms with Crippen molar-refractivity contribution < 1.29 is 9.18 Å². The Balaban J connectivity index is 1.77. The fourth-order valence-electron chi connectivity index (χ4n) is 3.57. The smallest absolute Gasteiger partial charge is 0.236 e. The number of hydrogen-bond acceptors (Lipinski definition) is 4. The molecule has 140 valence electrons. The molecule has 1 aromatic heterocycles. The summed E-state index contributed by atoms with van der Waals surface area (Å²) in [5, 5.41) is 8.65. The van der Waals surface area contributed by atoms with Crippen molar-refractivity contribution in [3.8, 4) is 11.4 Å². The van der Waals surface area contributed by atoms with Crippen molar-refractivity contribution in [2.45, 2.75) is 62.5 Å². The Hall–Kier alpha value is -1.89. The Morgan fingerprint density at radius 2 is 1.88 bits per heavy atom. The van der Waals surface area contributed by atoms with Crippen molar-refractivity contribution in [2.24, 2.45) is 7.05 Å². The number of hydrogen-bond donors (Lipinski definition) is 0. The number of aromatic nitrogens is 3. The van der Waals surface area contributed by atoms with Gasteiger partial charge < -0.3 is 9.47 Å². The SMILES string of the molecule is C[C@@H]1CCC[C@@H](C)N1C(=O)[C@@H](C)Sc1nnc(-c2ccccc2F)n1C. The quantitative estimate of drug-likeness (QED) is 0.760. The molecule has 2 aromatic rings. The fraction of sp³-hybridized carbons (Fsp3) is 0.526. The highest BCUT2D eigenvalue weighted by Crippen LogP contribution is 2.30. The van der Waals surface area contributed by atoms with Crippen molar-refractivity contribution in [3.63, 3.8) is 0 Å². The van der Waals surface area contributed by atoms with Crippen LogP contribution in [-0.4, -0.2) is 42.9 Å². The van der Waals surface area contributed by atoms with E-state index in [1.807, 2.05) is 11.8 Å². The Bertz CT molecular complexity index is 784. The van der Waals surface area contributed by atoms with Crippen molar-refractivity contribution in [3.05, 3.63) is 30.1 Å². The van der Waals surface area contributed by atoms with E-state index in [1.54, 1.807) is 29.8 Å². The van der Waals surface area contributed by atoms with E-state index in [1.165, 1.54) is 24.2 Å². The Morgan fingerprint density at radius 3 is 2.54 bits per heavy atom. The molecule has 1 aliphatic rings. The second-order valence-electron chi connectivity index (χ2n) is 6.98. The highest BCUT2D eigenvalue weighted by molar-refractivity contribution is 8.00. The van der Waals surface area contributed by atoms with E-state index in [2.05, 4.69) is 24.0 Å². The normalized spacial score (nSPS) is 21.7. The van der Waals surface area contributed by atoms with Crippen molar-refractivity contribution in [2.75, 3.05) is 0 Å².